The zero-order valence-corrected chi connectivity index (χ0v) is 13.3. The summed E-state index contributed by atoms with van der Waals surface area (Å²) in [5.41, 5.74) is -0.00417. The highest BCUT2D eigenvalue weighted by Crippen LogP contribution is 2.31. The Morgan fingerprint density at radius 3 is 2.70 bits per heavy atom. The number of nitrogens with one attached hydrogen (secondary N) is 1. The number of thioether (sulfide) groups is 1. The quantitative estimate of drug-likeness (QED) is 0.684. The second-order valence-electron chi connectivity index (χ2n) is 4.79. The van der Waals surface area contributed by atoms with E-state index in [-0.39, 0.29) is 11.7 Å². The van der Waals surface area contributed by atoms with E-state index in [1.807, 2.05) is 25.1 Å². The molecule has 0 spiro atoms. The van der Waals surface area contributed by atoms with Gasteiger partial charge >= 0.3 is 6.18 Å². The third kappa shape index (κ3) is 4.44. The summed E-state index contributed by atoms with van der Waals surface area (Å²) in [5, 5.41) is 2.43. The van der Waals surface area contributed by atoms with Gasteiger partial charge < -0.3 is 5.32 Å². The Morgan fingerprint density at radius 2 is 2.09 bits per heavy atom. The van der Waals surface area contributed by atoms with E-state index in [1.165, 1.54) is 0 Å². The average molecular weight is 341 g/mol. The Labute approximate surface area is 135 Å². The molecule has 1 heterocycles. The van der Waals surface area contributed by atoms with Crippen LogP contribution in [0.3, 0.4) is 0 Å². The molecule has 4 nitrogen and oxygen atoms in total. The first-order valence-corrected chi connectivity index (χ1v) is 7.85. The Bertz CT molecular complexity index is 719. The Morgan fingerprint density at radius 1 is 1.35 bits per heavy atom. The maximum atomic E-state index is 13.1. The fraction of sp³-hybridized carbons (Fsp3) is 0.267. The summed E-state index contributed by atoms with van der Waals surface area (Å²) < 4.78 is 39.2. The lowest BCUT2D eigenvalue weighted by atomic mass is 10.1. The Hall–Kier alpha value is -2.09. The molecule has 0 unspecified atom stereocenters. The topological polar surface area (TPSA) is 54.9 Å². The fourth-order valence-corrected chi connectivity index (χ4v) is 2.29. The highest BCUT2D eigenvalue weighted by atomic mass is 32.2. The SMILES string of the molecule is CSc1ncc(C(=O)NCc2cccc(C)c2)c(C(F)(F)F)n1. The summed E-state index contributed by atoms with van der Waals surface area (Å²) in [4.78, 5) is 19.2. The first-order valence-electron chi connectivity index (χ1n) is 6.63. The van der Waals surface area contributed by atoms with Crippen molar-refractivity contribution < 1.29 is 18.0 Å². The summed E-state index contributed by atoms with van der Waals surface area (Å²) in [5.74, 6) is -0.855. The fourth-order valence-electron chi connectivity index (χ4n) is 1.95. The number of carbonyl (C=O) groups is 1. The zero-order valence-electron chi connectivity index (χ0n) is 12.4. The first-order chi connectivity index (χ1) is 10.8. The molecule has 1 aromatic heterocycles. The van der Waals surface area contributed by atoms with Crippen molar-refractivity contribution in [2.45, 2.75) is 24.8 Å². The van der Waals surface area contributed by atoms with Crippen molar-refractivity contribution in [1.82, 2.24) is 15.3 Å². The number of hydrogen-bond acceptors (Lipinski definition) is 4. The van der Waals surface area contributed by atoms with E-state index in [2.05, 4.69) is 15.3 Å². The number of nitrogens with zero attached hydrogens (tertiary/aromatic N) is 2. The molecule has 8 heteroatoms. The molecule has 2 rings (SSSR count). The zero-order chi connectivity index (χ0) is 17.0. The van der Waals surface area contributed by atoms with Gasteiger partial charge in [-0.25, -0.2) is 9.97 Å². The summed E-state index contributed by atoms with van der Waals surface area (Å²) in [6.45, 7) is 2.02. The van der Waals surface area contributed by atoms with Crippen molar-refractivity contribution in [3.63, 3.8) is 0 Å². The predicted octanol–water partition coefficient (Wildman–Crippen LogP) is 3.46. The third-order valence-electron chi connectivity index (χ3n) is 3.00. The van der Waals surface area contributed by atoms with Gasteiger partial charge in [0.05, 0.1) is 5.56 Å². The van der Waals surface area contributed by atoms with Crippen LogP contribution in [0.25, 0.3) is 0 Å². The largest absolute Gasteiger partial charge is 0.434 e. The van der Waals surface area contributed by atoms with Crippen molar-refractivity contribution >= 4 is 17.7 Å². The molecule has 0 radical (unpaired) electrons. The second-order valence-corrected chi connectivity index (χ2v) is 5.56. The standard InChI is InChI=1S/C15H14F3N3OS/c1-9-4-3-5-10(6-9)7-19-13(22)11-8-20-14(23-2)21-12(11)15(16,17)18/h3-6,8H,7H2,1-2H3,(H,19,22). The number of aryl methyl sites for hydroxylation is 1. The number of benzene rings is 1. The molecule has 0 aliphatic heterocycles. The van der Waals surface area contributed by atoms with Gasteiger partial charge in [0.1, 0.15) is 0 Å². The first kappa shape index (κ1) is 17.3. The van der Waals surface area contributed by atoms with E-state index < -0.39 is 23.3 Å². The Kier molecular flexibility index (Phi) is 5.25. The summed E-state index contributed by atoms with van der Waals surface area (Å²) in [7, 11) is 0. The monoisotopic (exact) mass is 341 g/mol. The van der Waals surface area contributed by atoms with Crippen LogP contribution in [0.15, 0.2) is 35.6 Å². The minimum atomic E-state index is -4.72. The maximum absolute atomic E-state index is 13.1. The molecule has 0 saturated carbocycles. The van der Waals surface area contributed by atoms with Gasteiger partial charge in [-0.2, -0.15) is 13.2 Å². The number of amides is 1. The molecular formula is C15H14F3N3OS. The van der Waals surface area contributed by atoms with E-state index in [9.17, 15) is 18.0 Å². The van der Waals surface area contributed by atoms with Crippen LogP contribution in [0.1, 0.15) is 27.2 Å². The molecule has 0 fully saturated rings. The third-order valence-corrected chi connectivity index (χ3v) is 3.56. The molecule has 0 bridgehead atoms. The molecule has 0 atom stereocenters. The van der Waals surface area contributed by atoms with Gasteiger partial charge in [-0.1, -0.05) is 41.6 Å². The van der Waals surface area contributed by atoms with Crippen LogP contribution in [0.4, 0.5) is 13.2 Å². The van der Waals surface area contributed by atoms with Crippen molar-refractivity contribution in [2.75, 3.05) is 6.26 Å². The second kappa shape index (κ2) is 6.99. The lowest BCUT2D eigenvalue weighted by molar-refractivity contribution is -0.142. The molecule has 122 valence electrons. The number of carbonyl (C=O) groups excluding carboxylic acids is 1. The van der Waals surface area contributed by atoms with Gasteiger partial charge in [-0.05, 0) is 18.7 Å². The molecular weight excluding hydrogens is 327 g/mol. The van der Waals surface area contributed by atoms with Crippen molar-refractivity contribution in [1.29, 1.82) is 0 Å². The molecule has 1 aromatic carbocycles. The van der Waals surface area contributed by atoms with Crippen molar-refractivity contribution in [3.05, 3.63) is 52.8 Å². The van der Waals surface area contributed by atoms with E-state index >= 15 is 0 Å². The smallest absolute Gasteiger partial charge is 0.348 e. The number of hydrogen-bond donors (Lipinski definition) is 1. The van der Waals surface area contributed by atoms with Crippen LogP contribution < -0.4 is 5.32 Å². The number of halogens is 3. The van der Waals surface area contributed by atoms with Crippen molar-refractivity contribution in [3.8, 4) is 0 Å². The van der Waals surface area contributed by atoms with Crippen LogP contribution in [0.5, 0.6) is 0 Å². The van der Waals surface area contributed by atoms with E-state index in [4.69, 9.17) is 0 Å². The van der Waals surface area contributed by atoms with Gasteiger partial charge in [0.15, 0.2) is 10.9 Å². The molecule has 0 aliphatic rings. The average Bonchev–Trinajstić information content (AvgIpc) is 2.51. The van der Waals surface area contributed by atoms with Crippen LogP contribution in [-0.2, 0) is 12.7 Å². The predicted molar refractivity (Wildman–Crippen MR) is 81.2 cm³/mol. The van der Waals surface area contributed by atoms with Crippen LogP contribution in [-0.4, -0.2) is 22.1 Å². The van der Waals surface area contributed by atoms with E-state index in [0.29, 0.717) is 0 Å². The van der Waals surface area contributed by atoms with E-state index in [0.717, 1.165) is 29.1 Å². The molecule has 1 N–H and O–H groups in total. The van der Waals surface area contributed by atoms with Gasteiger partial charge in [-0.3, -0.25) is 4.79 Å². The lowest BCUT2D eigenvalue weighted by Gasteiger charge is -2.12. The van der Waals surface area contributed by atoms with Crippen LogP contribution in [0, 0.1) is 6.92 Å². The maximum Gasteiger partial charge on any atom is 0.434 e. The number of rotatable bonds is 4. The van der Waals surface area contributed by atoms with Gasteiger partial charge in [-0.15, -0.1) is 0 Å². The minimum Gasteiger partial charge on any atom is -0.348 e. The van der Waals surface area contributed by atoms with E-state index in [1.54, 1.807) is 12.3 Å². The lowest BCUT2D eigenvalue weighted by Crippen LogP contribution is -2.27. The van der Waals surface area contributed by atoms with Crippen molar-refractivity contribution in [2.24, 2.45) is 0 Å². The molecule has 0 aliphatic carbocycles. The minimum absolute atomic E-state index is 0.0347. The van der Waals surface area contributed by atoms with Crippen LogP contribution >= 0.6 is 11.8 Å². The Balaban J connectivity index is 2.22. The normalized spacial score (nSPS) is 11.3. The highest BCUT2D eigenvalue weighted by Gasteiger charge is 2.38. The molecule has 23 heavy (non-hydrogen) atoms. The van der Waals surface area contributed by atoms with Gasteiger partial charge in [0.2, 0.25) is 0 Å². The van der Waals surface area contributed by atoms with Gasteiger partial charge in [0, 0.05) is 12.7 Å². The van der Waals surface area contributed by atoms with Crippen LogP contribution in [0.2, 0.25) is 0 Å². The summed E-state index contributed by atoms with van der Waals surface area (Å²) >= 11 is 0.977. The molecule has 2 aromatic rings. The highest BCUT2D eigenvalue weighted by molar-refractivity contribution is 7.98. The summed E-state index contributed by atoms with van der Waals surface area (Å²) in [6, 6.07) is 7.33. The van der Waals surface area contributed by atoms with Gasteiger partial charge in [0.25, 0.3) is 5.91 Å². The summed E-state index contributed by atoms with van der Waals surface area (Å²) in [6.07, 6.45) is -2.25. The number of alkyl halides is 3. The molecule has 1 amide bonds. The number of aromatic nitrogens is 2. The molecule has 0 saturated heterocycles.